The van der Waals surface area contributed by atoms with Crippen LogP contribution in [0.5, 0.6) is 0 Å². The zero-order chi connectivity index (χ0) is 14.3. The Bertz CT molecular complexity index is 405. The summed E-state index contributed by atoms with van der Waals surface area (Å²) in [6, 6.07) is 0.453. The molecule has 0 unspecified atom stereocenters. The van der Waals surface area contributed by atoms with E-state index in [1.54, 1.807) is 18.0 Å². The van der Waals surface area contributed by atoms with E-state index in [4.69, 9.17) is 4.74 Å². The van der Waals surface area contributed by atoms with E-state index in [1.807, 2.05) is 0 Å². The Morgan fingerprint density at radius 2 is 2.32 bits per heavy atom. The van der Waals surface area contributed by atoms with Crippen LogP contribution >= 0.6 is 15.9 Å². The molecule has 0 spiro atoms. The average molecular weight is 332 g/mol. The van der Waals surface area contributed by atoms with E-state index in [9.17, 15) is 4.79 Å². The first-order valence-corrected chi connectivity index (χ1v) is 7.32. The molecule has 0 atom stereocenters. The van der Waals surface area contributed by atoms with E-state index >= 15 is 0 Å². The highest BCUT2D eigenvalue weighted by molar-refractivity contribution is 9.10. The van der Waals surface area contributed by atoms with Gasteiger partial charge in [0.05, 0.1) is 23.8 Å². The number of nitrogens with zero attached hydrogens (tertiary/aromatic N) is 2. The standard InChI is InChI=1S/C13H22BrN3O2/c1-10(2)15-6-4-5-12(18)13-11(14)9-16-17(13)7-8-19-3/h9-10,15H,4-8H2,1-3H3. The van der Waals surface area contributed by atoms with E-state index in [-0.39, 0.29) is 5.78 Å². The summed E-state index contributed by atoms with van der Waals surface area (Å²) in [6.45, 7) is 6.18. The largest absolute Gasteiger partial charge is 0.383 e. The van der Waals surface area contributed by atoms with Crippen LogP contribution in [0.2, 0.25) is 0 Å². The van der Waals surface area contributed by atoms with E-state index in [2.05, 4.69) is 40.2 Å². The first kappa shape index (κ1) is 16.3. The third-order valence-corrected chi connectivity index (χ3v) is 3.28. The minimum Gasteiger partial charge on any atom is -0.383 e. The molecule has 1 N–H and O–H groups in total. The number of rotatable bonds is 9. The average Bonchev–Trinajstić information content (AvgIpc) is 2.73. The summed E-state index contributed by atoms with van der Waals surface area (Å²) in [5.74, 6) is 0.117. The number of hydrogen-bond donors (Lipinski definition) is 1. The lowest BCUT2D eigenvalue weighted by molar-refractivity contribution is 0.0965. The van der Waals surface area contributed by atoms with Crippen LogP contribution in [0.15, 0.2) is 10.7 Å². The van der Waals surface area contributed by atoms with Gasteiger partial charge >= 0.3 is 0 Å². The number of carbonyl (C=O) groups is 1. The van der Waals surface area contributed by atoms with Crippen molar-refractivity contribution < 1.29 is 9.53 Å². The van der Waals surface area contributed by atoms with Gasteiger partial charge in [-0.1, -0.05) is 13.8 Å². The fourth-order valence-electron chi connectivity index (χ4n) is 1.75. The second kappa shape index (κ2) is 8.45. The maximum atomic E-state index is 12.2. The Hall–Kier alpha value is -0.720. The summed E-state index contributed by atoms with van der Waals surface area (Å²) in [5.41, 5.74) is 0.640. The van der Waals surface area contributed by atoms with E-state index < -0.39 is 0 Å². The molecule has 0 radical (unpaired) electrons. The smallest absolute Gasteiger partial charge is 0.182 e. The van der Waals surface area contributed by atoms with Crippen LogP contribution in [0.3, 0.4) is 0 Å². The maximum absolute atomic E-state index is 12.2. The minimum absolute atomic E-state index is 0.117. The summed E-state index contributed by atoms with van der Waals surface area (Å²) in [6.07, 6.45) is 3.02. The molecule has 0 fully saturated rings. The van der Waals surface area contributed by atoms with Crippen LogP contribution in [0.25, 0.3) is 0 Å². The highest BCUT2D eigenvalue weighted by Crippen LogP contribution is 2.18. The van der Waals surface area contributed by atoms with Crippen molar-refractivity contribution in [2.75, 3.05) is 20.3 Å². The number of ketones is 1. The SMILES string of the molecule is COCCn1ncc(Br)c1C(=O)CCCNC(C)C. The lowest BCUT2D eigenvalue weighted by atomic mass is 10.1. The van der Waals surface area contributed by atoms with Gasteiger partial charge in [0.25, 0.3) is 0 Å². The number of methoxy groups -OCH3 is 1. The van der Waals surface area contributed by atoms with Gasteiger partial charge in [-0.05, 0) is 28.9 Å². The van der Waals surface area contributed by atoms with Gasteiger partial charge in [0, 0.05) is 19.6 Å². The minimum atomic E-state index is 0.117. The van der Waals surface area contributed by atoms with Crippen molar-refractivity contribution in [3.8, 4) is 0 Å². The van der Waals surface area contributed by atoms with Crippen molar-refractivity contribution in [2.45, 2.75) is 39.3 Å². The van der Waals surface area contributed by atoms with E-state index in [1.165, 1.54) is 0 Å². The van der Waals surface area contributed by atoms with Crippen molar-refractivity contribution in [1.29, 1.82) is 0 Å². The molecule has 0 aliphatic carbocycles. The first-order valence-electron chi connectivity index (χ1n) is 6.53. The van der Waals surface area contributed by atoms with Crippen LogP contribution in [0.1, 0.15) is 37.2 Å². The van der Waals surface area contributed by atoms with Crippen LogP contribution in [-0.2, 0) is 11.3 Å². The van der Waals surface area contributed by atoms with Crippen molar-refractivity contribution in [3.05, 3.63) is 16.4 Å². The molecular formula is C13H22BrN3O2. The third kappa shape index (κ3) is 5.42. The van der Waals surface area contributed by atoms with Crippen molar-refractivity contribution in [2.24, 2.45) is 0 Å². The van der Waals surface area contributed by atoms with Gasteiger partial charge in [-0.25, -0.2) is 0 Å². The molecule has 108 valence electrons. The summed E-state index contributed by atoms with van der Waals surface area (Å²) >= 11 is 3.38. The Labute approximate surface area is 122 Å². The zero-order valence-electron chi connectivity index (χ0n) is 11.8. The molecule has 0 saturated carbocycles. The fourth-order valence-corrected chi connectivity index (χ4v) is 2.26. The number of aromatic nitrogens is 2. The molecule has 0 saturated heterocycles. The topological polar surface area (TPSA) is 56.2 Å². The summed E-state index contributed by atoms with van der Waals surface area (Å²) in [7, 11) is 1.64. The molecule has 1 aromatic heterocycles. The molecule has 6 heteroatoms. The van der Waals surface area contributed by atoms with Crippen molar-refractivity contribution in [3.63, 3.8) is 0 Å². The van der Waals surface area contributed by atoms with Gasteiger partial charge in [-0.2, -0.15) is 5.10 Å². The van der Waals surface area contributed by atoms with Crippen LogP contribution in [-0.4, -0.2) is 41.9 Å². The lowest BCUT2D eigenvalue weighted by Gasteiger charge is -2.09. The second-order valence-electron chi connectivity index (χ2n) is 4.69. The molecule has 0 amide bonds. The third-order valence-electron chi connectivity index (χ3n) is 2.70. The normalized spacial score (nSPS) is 11.2. The van der Waals surface area contributed by atoms with Gasteiger partial charge in [0.15, 0.2) is 5.78 Å². The highest BCUT2D eigenvalue weighted by atomic mass is 79.9. The number of nitrogens with one attached hydrogen (secondary N) is 1. The van der Waals surface area contributed by atoms with Gasteiger partial charge in [0.2, 0.25) is 0 Å². The number of hydrogen-bond acceptors (Lipinski definition) is 4. The highest BCUT2D eigenvalue weighted by Gasteiger charge is 2.16. The van der Waals surface area contributed by atoms with E-state index in [0.29, 0.717) is 31.3 Å². The number of Topliss-reactive ketones (excluding diaryl/α,β-unsaturated/α-hetero) is 1. The Balaban J connectivity index is 2.53. The molecule has 0 bridgehead atoms. The molecule has 5 nitrogen and oxygen atoms in total. The Morgan fingerprint density at radius 3 is 2.95 bits per heavy atom. The predicted molar refractivity (Wildman–Crippen MR) is 78.5 cm³/mol. The summed E-state index contributed by atoms with van der Waals surface area (Å²) in [5, 5.41) is 7.49. The predicted octanol–water partition coefficient (Wildman–Crippen LogP) is 2.25. The second-order valence-corrected chi connectivity index (χ2v) is 5.55. The summed E-state index contributed by atoms with van der Waals surface area (Å²) < 4.78 is 7.47. The maximum Gasteiger partial charge on any atom is 0.182 e. The molecule has 1 aromatic rings. The molecule has 19 heavy (non-hydrogen) atoms. The van der Waals surface area contributed by atoms with Crippen LogP contribution in [0, 0.1) is 0 Å². The Morgan fingerprint density at radius 1 is 1.58 bits per heavy atom. The van der Waals surface area contributed by atoms with Gasteiger partial charge in [-0.15, -0.1) is 0 Å². The Kier molecular flexibility index (Phi) is 7.27. The van der Waals surface area contributed by atoms with Gasteiger partial charge in [0.1, 0.15) is 5.69 Å². The quantitative estimate of drug-likeness (QED) is 0.557. The monoisotopic (exact) mass is 331 g/mol. The molecule has 0 aliphatic rings. The summed E-state index contributed by atoms with van der Waals surface area (Å²) in [4.78, 5) is 12.2. The van der Waals surface area contributed by atoms with Gasteiger partial charge in [-0.3, -0.25) is 9.48 Å². The number of ether oxygens (including phenoxy) is 1. The number of halogens is 1. The van der Waals surface area contributed by atoms with Crippen LogP contribution < -0.4 is 5.32 Å². The fraction of sp³-hybridized carbons (Fsp3) is 0.692. The molecule has 0 aromatic carbocycles. The molecule has 1 heterocycles. The lowest BCUT2D eigenvalue weighted by Crippen LogP contribution is -2.24. The zero-order valence-corrected chi connectivity index (χ0v) is 13.4. The van der Waals surface area contributed by atoms with Crippen molar-refractivity contribution in [1.82, 2.24) is 15.1 Å². The van der Waals surface area contributed by atoms with Crippen molar-refractivity contribution >= 4 is 21.7 Å². The van der Waals surface area contributed by atoms with E-state index in [0.717, 1.165) is 17.4 Å². The van der Waals surface area contributed by atoms with Gasteiger partial charge < -0.3 is 10.1 Å². The number of carbonyl (C=O) groups excluding carboxylic acids is 1. The molecule has 1 rings (SSSR count). The van der Waals surface area contributed by atoms with Crippen LogP contribution in [0.4, 0.5) is 0 Å². The molecule has 0 aliphatic heterocycles. The molecular weight excluding hydrogens is 310 g/mol. The first-order chi connectivity index (χ1) is 9.06.